The molecule has 0 saturated carbocycles. The maximum Gasteiger partial charge on any atom is 0.411 e. The van der Waals surface area contributed by atoms with E-state index >= 15 is 0 Å². The number of anilines is 1. The summed E-state index contributed by atoms with van der Waals surface area (Å²) in [6, 6.07) is 26.9. The van der Waals surface area contributed by atoms with Gasteiger partial charge in [0.15, 0.2) is 0 Å². The Morgan fingerprint density at radius 1 is 0.868 bits per heavy atom. The van der Waals surface area contributed by atoms with E-state index in [1.54, 1.807) is 18.2 Å². The zero-order valence-electron chi connectivity index (χ0n) is 21.5. The van der Waals surface area contributed by atoms with Crippen molar-refractivity contribution in [3.63, 3.8) is 0 Å². The highest BCUT2D eigenvalue weighted by Gasteiger charge is 2.17. The van der Waals surface area contributed by atoms with Crippen molar-refractivity contribution in [3.8, 4) is 17.2 Å². The van der Waals surface area contributed by atoms with E-state index in [4.69, 9.17) is 9.47 Å². The second kappa shape index (κ2) is 12.0. The first-order valence-corrected chi connectivity index (χ1v) is 12.3. The van der Waals surface area contributed by atoms with Crippen LogP contribution in [-0.4, -0.2) is 17.1 Å². The number of carbonyl (C=O) groups excluding carboxylic acids is 2. The normalized spacial score (nSPS) is 11.3. The van der Waals surface area contributed by atoms with Gasteiger partial charge in [-0.2, -0.15) is 0 Å². The van der Waals surface area contributed by atoms with Crippen LogP contribution in [0.15, 0.2) is 91.0 Å². The molecule has 7 heteroatoms. The minimum Gasteiger partial charge on any atom is -0.507 e. The Morgan fingerprint density at radius 3 is 2.16 bits per heavy atom. The molecule has 2 amide bonds. The van der Waals surface area contributed by atoms with Crippen LogP contribution < -0.4 is 15.4 Å². The van der Waals surface area contributed by atoms with Crippen LogP contribution >= 0.6 is 0 Å². The van der Waals surface area contributed by atoms with Gasteiger partial charge in [-0.3, -0.25) is 10.1 Å². The first-order chi connectivity index (χ1) is 18.3. The summed E-state index contributed by atoms with van der Waals surface area (Å²) in [5.74, 6) is 0.431. The van der Waals surface area contributed by atoms with Gasteiger partial charge < -0.3 is 19.9 Å². The van der Waals surface area contributed by atoms with E-state index in [-0.39, 0.29) is 24.0 Å². The molecule has 4 aromatic carbocycles. The molecular weight excluding hydrogens is 480 g/mol. The van der Waals surface area contributed by atoms with E-state index in [9.17, 15) is 14.7 Å². The van der Waals surface area contributed by atoms with Crippen LogP contribution in [-0.2, 0) is 11.3 Å². The summed E-state index contributed by atoms with van der Waals surface area (Å²) in [6.07, 6.45) is -0.555. The average molecular weight is 511 g/mol. The van der Waals surface area contributed by atoms with Crippen molar-refractivity contribution < 1.29 is 24.2 Å². The van der Waals surface area contributed by atoms with Crippen LogP contribution in [0.5, 0.6) is 17.2 Å². The Morgan fingerprint density at radius 2 is 1.50 bits per heavy atom. The standard InChI is InChI=1S/C31H30N2O5/c1-20-16-25(33-31(36)37-19-23-10-6-4-7-11-23)17-21(2)29(20)38-26-14-15-28(34)27(18-26)30(35)32-22(3)24-12-8-5-9-13-24/h4-18,22,34H,19H2,1-3H3,(H,32,35)(H,33,36). The Hall–Kier alpha value is -4.78. The molecule has 0 saturated heterocycles. The maximum atomic E-state index is 12.9. The smallest absolute Gasteiger partial charge is 0.411 e. The number of aromatic hydroxyl groups is 1. The van der Waals surface area contributed by atoms with Gasteiger partial charge in [0.1, 0.15) is 23.9 Å². The van der Waals surface area contributed by atoms with Crippen molar-refractivity contribution in [3.05, 3.63) is 119 Å². The number of rotatable bonds is 8. The Bertz CT molecular complexity index is 1400. The lowest BCUT2D eigenvalue weighted by Gasteiger charge is -2.17. The summed E-state index contributed by atoms with van der Waals surface area (Å²) in [7, 11) is 0. The van der Waals surface area contributed by atoms with Crippen molar-refractivity contribution in [1.29, 1.82) is 0 Å². The van der Waals surface area contributed by atoms with Crippen molar-refractivity contribution in [2.24, 2.45) is 0 Å². The first-order valence-electron chi connectivity index (χ1n) is 12.3. The number of aryl methyl sites for hydroxylation is 2. The van der Waals surface area contributed by atoms with E-state index in [0.717, 1.165) is 22.3 Å². The lowest BCUT2D eigenvalue weighted by Crippen LogP contribution is -2.26. The molecule has 4 rings (SSSR count). The molecule has 0 radical (unpaired) electrons. The van der Waals surface area contributed by atoms with E-state index in [2.05, 4.69) is 10.6 Å². The van der Waals surface area contributed by atoms with Crippen molar-refractivity contribution >= 4 is 17.7 Å². The molecule has 0 fully saturated rings. The summed E-state index contributed by atoms with van der Waals surface area (Å²) >= 11 is 0. The second-order valence-electron chi connectivity index (χ2n) is 9.01. The lowest BCUT2D eigenvalue weighted by atomic mass is 10.1. The van der Waals surface area contributed by atoms with E-state index in [0.29, 0.717) is 17.2 Å². The molecule has 0 spiro atoms. The summed E-state index contributed by atoms with van der Waals surface area (Å²) in [6.45, 7) is 5.77. The summed E-state index contributed by atoms with van der Waals surface area (Å²) in [5.41, 5.74) is 4.10. The monoisotopic (exact) mass is 510 g/mol. The maximum absolute atomic E-state index is 12.9. The SMILES string of the molecule is Cc1cc(NC(=O)OCc2ccccc2)cc(C)c1Oc1ccc(O)c(C(=O)NC(C)c2ccccc2)c1. The molecule has 38 heavy (non-hydrogen) atoms. The molecule has 0 aliphatic carbocycles. The number of benzene rings is 4. The molecule has 7 nitrogen and oxygen atoms in total. The van der Waals surface area contributed by atoms with Gasteiger partial charge in [-0.05, 0) is 73.4 Å². The fourth-order valence-electron chi connectivity index (χ4n) is 4.04. The van der Waals surface area contributed by atoms with Gasteiger partial charge >= 0.3 is 6.09 Å². The topological polar surface area (TPSA) is 96.9 Å². The predicted molar refractivity (Wildman–Crippen MR) is 147 cm³/mol. The number of hydrogen-bond acceptors (Lipinski definition) is 5. The highest BCUT2D eigenvalue weighted by Crippen LogP contribution is 2.33. The Balaban J connectivity index is 1.43. The molecule has 0 bridgehead atoms. The fraction of sp³-hybridized carbons (Fsp3) is 0.161. The van der Waals surface area contributed by atoms with Crippen molar-refractivity contribution in [2.75, 3.05) is 5.32 Å². The molecule has 3 N–H and O–H groups in total. The molecular formula is C31H30N2O5. The molecule has 0 aromatic heterocycles. The number of phenols is 1. The third kappa shape index (κ3) is 6.70. The van der Waals surface area contributed by atoms with Gasteiger partial charge in [0, 0.05) is 5.69 Å². The number of nitrogens with one attached hydrogen (secondary N) is 2. The van der Waals surface area contributed by atoms with Gasteiger partial charge in [-0.1, -0.05) is 60.7 Å². The molecule has 1 unspecified atom stereocenters. The van der Waals surface area contributed by atoms with E-state index < -0.39 is 12.0 Å². The number of hydrogen-bond donors (Lipinski definition) is 3. The quantitative estimate of drug-likeness (QED) is 0.236. The summed E-state index contributed by atoms with van der Waals surface area (Å²) < 4.78 is 11.4. The molecule has 0 aliphatic heterocycles. The first kappa shape index (κ1) is 26.3. The highest BCUT2D eigenvalue weighted by atomic mass is 16.5. The number of ether oxygens (including phenoxy) is 2. The van der Waals surface area contributed by atoms with Crippen molar-refractivity contribution in [1.82, 2.24) is 5.32 Å². The average Bonchev–Trinajstić information content (AvgIpc) is 2.91. The van der Waals surface area contributed by atoms with Gasteiger partial charge in [0.2, 0.25) is 0 Å². The Labute approximate surface area is 222 Å². The number of amides is 2. The third-order valence-corrected chi connectivity index (χ3v) is 6.00. The number of carbonyl (C=O) groups is 2. The summed E-state index contributed by atoms with van der Waals surface area (Å²) in [4.78, 5) is 25.2. The van der Waals surface area contributed by atoms with Crippen LogP contribution in [0.2, 0.25) is 0 Å². The third-order valence-electron chi connectivity index (χ3n) is 6.00. The molecule has 0 aliphatic rings. The fourth-order valence-corrected chi connectivity index (χ4v) is 4.04. The van der Waals surface area contributed by atoms with Crippen molar-refractivity contribution in [2.45, 2.75) is 33.4 Å². The molecule has 1 atom stereocenters. The van der Waals surface area contributed by atoms with Crippen LogP contribution in [0, 0.1) is 13.8 Å². The van der Waals surface area contributed by atoms with Gasteiger partial charge in [-0.15, -0.1) is 0 Å². The second-order valence-corrected chi connectivity index (χ2v) is 9.01. The highest BCUT2D eigenvalue weighted by molar-refractivity contribution is 5.97. The zero-order valence-corrected chi connectivity index (χ0v) is 21.5. The molecule has 4 aromatic rings. The van der Waals surface area contributed by atoms with E-state index in [1.807, 2.05) is 81.4 Å². The predicted octanol–water partition coefficient (Wildman–Crippen LogP) is 7.04. The minimum atomic E-state index is -0.555. The minimum absolute atomic E-state index is 0.111. The molecule has 194 valence electrons. The zero-order chi connectivity index (χ0) is 27.1. The lowest BCUT2D eigenvalue weighted by molar-refractivity contribution is 0.0936. The van der Waals surface area contributed by atoms with Crippen LogP contribution in [0.25, 0.3) is 0 Å². The summed E-state index contributed by atoms with van der Waals surface area (Å²) in [5, 5.41) is 16.0. The van der Waals surface area contributed by atoms with Crippen LogP contribution in [0.1, 0.15) is 45.6 Å². The number of phenolic OH excluding ortho intramolecular Hbond substituents is 1. The largest absolute Gasteiger partial charge is 0.507 e. The molecule has 0 heterocycles. The van der Waals surface area contributed by atoms with Crippen LogP contribution in [0.4, 0.5) is 10.5 Å². The Kier molecular flexibility index (Phi) is 8.28. The van der Waals surface area contributed by atoms with E-state index in [1.165, 1.54) is 12.1 Å². The van der Waals surface area contributed by atoms with Crippen LogP contribution in [0.3, 0.4) is 0 Å². The van der Waals surface area contributed by atoms with Gasteiger partial charge in [0.25, 0.3) is 5.91 Å². The van der Waals surface area contributed by atoms with Gasteiger partial charge in [-0.25, -0.2) is 4.79 Å². The van der Waals surface area contributed by atoms with Gasteiger partial charge in [0.05, 0.1) is 11.6 Å².